The molecule has 1 amide bonds. The Kier molecular flexibility index (Phi) is 4.52. The molecule has 0 saturated carbocycles. The van der Waals surface area contributed by atoms with Crippen molar-refractivity contribution in [2.45, 2.75) is 6.54 Å². The second kappa shape index (κ2) is 7.13. The van der Waals surface area contributed by atoms with Crippen LogP contribution in [-0.2, 0) is 6.54 Å². The van der Waals surface area contributed by atoms with E-state index in [9.17, 15) is 4.79 Å². The molecule has 2 aromatic heterocycles. The molecule has 2 heterocycles. The summed E-state index contributed by atoms with van der Waals surface area (Å²) in [7, 11) is 1.61. The second-order valence-electron chi connectivity index (χ2n) is 5.93. The van der Waals surface area contributed by atoms with E-state index < -0.39 is 0 Å². The van der Waals surface area contributed by atoms with Crippen LogP contribution in [0.4, 0.5) is 0 Å². The van der Waals surface area contributed by atoms with Crippen LogP contribution in [0.25, 0.3) is 22.3 Å². The Hall–Kier alpha value is -3.32. The van der Waals surface area contributed by atoms with E-state index in [4.69, 9.17) is 16.3 Å². The molecule has 0 radical (unpaired) electrons. The number of imidazole rings is 1. The Morgan fingerprint density at radius 3 is 2.96 bits per heavy atom. The van der Waals surface area contributed by atoms with Gasteiger partial charge in [-0.1, -0.05) is 23.7 Å². The molecule has 4 aromatic rings. The zero-order chi connectivity index (χ0) is 18.8. The maximum absolute atomic E-state index is 12.4. The highest BCUT2D eigenvalue weighted by Crippen LogP contribution is 2.22. The van der Waals surface area contributed by atoms with Gasteiger partial charge in [0.15, 0.2) is 0 Å². The number of ether oxygens (including phenoxy) is 1. The van der Waals surface area contributed by atoms with E-state index in [0.29, 0.717) is 22.2 Å². The van der Waals surface area contributed by atoms with E-state index >= 15 is 0 Å². The molecular weight excluding hydrogens is 366 g/mol. The minimum absolute atomic E-state index is 0.263. The molecule has 0 atom stereocenters. The molecule has 0 bridgehead atoms. The Morgan fingerprint density at radius 2 is 2.11 bits per heavy atom. The van der Waals surface area contributed by atoms with Crippen LogP contribution in [-0.4, -0.2) is 33.2 Å². The number of halogens is 1. The molecule has 7 nitrogen and oxygen atoms in total. The van der Waals surface area contributed by atoms with Gasteiger partial charge >= 0.3 is 0 Å². The minimum Gasteiger partial charge on any atom is -0.497 e. The molecule has 0 unspecified atom stereocenters. The van der Waals surface area contributed by atoms with Crippen molar-refractivity contribution in [2.75, 3.05) is 7.11 Å². The summed E-state index contributed by atoms with van der Waals surface area (Å²) in [6.45, 7) is 0.263. The first-order chi connectivity index (χ1) is 13.1. The first-order valence-corrected chi connectivity index (χ1v) is 8.62. The van der Waals surface area contributed by atoms with Crippen LogP contribution in [0, 0.1) is 0 Å². The molecular formula is C19H16ClN5O2. The summed E-state index contributed by atoms with van der Waals surface area (Å²) >= 11 is 5.97. The molecule has 0 saturated heterocycles. The van der Waals surface area contributed by atoms with Crippen LogP contribution in [0.2, 0.25) is 5.02 Å². The van der Waals surface area contributed by atoms with Crippen LogP contribution < -0.4 is 10.1 Å². The number of methoxy groups -OCH3 is 1. The zero-order valence-electron chi connectivity index (χ0n) is 14.4. The van der Waals surface area contributed by atoms with Crippen LogP contribution in [0.3, 0.4) is 0 Å². The number of nitrogens with one attached hydrogen (secondary N) is 3. The van der Waals surface area contributed by atoms with E-state index in [-0.39, 0.29) is 12.5 Å². The number of aromatic nitrogens is 4. The number of rotatable bonds is 5. The van der Waals surface area contributed by atoms with Crippen LogP contribution in [0.1, 0.15) is 16.3 Å². The van der Waals surface area contributed by atoms with Crippen molar-refractivity contribution < 1.29 is 9.53 Å². The number of fused-ring (bicyclic) bond motifs is 1. The SMILES string of the molecule is COc1cccc(-c2cc(C(=O)NCc3nc4ccc(Cl)cc4[nH]3)[nH]n2)c1. The smallest absolute Gasteiger partial charge is 0.269 e. The van der Waals surface area contributed by atoms with Gasteiger partial charge < -0.3 is 15.0 Å². The van der Waals surface area contributed by atoms with Gasteiger partial charge in [0.1, 0.15) is 17.3 Å². The number of hydrogen-bond acceptors (Lipinski definition) is 4. The Labute approximate surface area is 159 Å². The predicted octanol–water partition coefficient (Wildman–Crippen LogP) is 3.55. The molecule has 0 spiro atoms. The average Bonchev–Trinajstić information content (AvgIpc) is 3.33. The number of H-pyrrole nitrogens is 2. The van der Waals surface area contributed by atoms with Crippen LogP contribution >= 0.6 is 11.6 Å². The lowest BCUT2D eigenvalue weighted by Crippen LogP contribution is -2.23. The number of benzene rings is 2. The summed E-state index contributed by atoms with van der Waals surface area (Å²) in [5, 5.41) is 10.4. The Bertz CT molecular complexity index is 1120. The third-order valence-electron chi connectivity index (χ3n) is 4.10. The quantitative estimate of drug-likeness (QED) is 0.492. The fourth-order valence-electron chi connectivity index (χ4n) is 2.75. The summed E-state index contributed by atoms with van der Waals surface area (Å²) in [6.07, 6.45) is 0. The van der Waals surface area contributed by atoms with Crippen molar-refractivity contribution in [1.29, 1.82) is 0 Å². The molecule has 3 N–H and O–H groups in total. The lowest BCUT2D eigenvalue weighted by Gasteiger charge is -2.01. The molecule has 0 aliphatic rings. The maximum Gasteiger partial charge on any atom is 0.269 e. The van der Waals surface area contributed by atoms with Crippen molar-refractivity contribution >= 4 is 28.5 Å². The fourth-order valence-corrected chi connectivity index (χ4v) is 2.92. The van der Waals surface area contributed by atoms with Crippen molar-refractivity contribution in [1.82, 2.24) is 25.5 Å². The third kappa shape index (κ3) is 3.63. The third-order valence-corrected chi connectivity index (χ3v) is 4.33. The van der Waals surface area contributed by atoms with Gasteiger partial charge in [0, 0.05) is 10.6 Å². The highest BCUT2D eigenvalue weighted by atomic mass is 35.5. The fraction of sp³-hybridized carbons (Fsp3) is 0.105. The van der Waals surface area contributed by atoms with E-state index in [1.54, 1.807) is 25.3 Å². The first kappa shape index (κ1) is 17.1. The second-order valence-corrected chi connectivity index (χ2v) is 6.36. The van der Waals surface area contributed by atoms with Gasteiger partial charge in [-0.3, -0.25) is 9.89 Å². The van der Waals surface area contributed by atoms with Crippen molar-refractivity contribution in [3.63, 3.8) is 0 Å². The number of aromatic amines is 2. The van der Waals surface area contributed by atoms with E-state index in [1.807, 2.05) is 30.3 Å². The average molecular weight is 382 g/mol. The topological polar surface area (TPSA) is 95.7 Å². The molecule has 2 aromatic carbocycles. The minimum atomic E-state index is -0.268. The van der Waals surface area contributed by atoms with Gasteiger partial charge in [0.25, 0.3) is 5.91 Å². The summed E-state index contributed by atoms with van der Waals surface area (Å²) in [6, 6.07) is 14.6. The van der Waals surface area contributed by atoms with E-state index in [1.165, 1.54) is 0 Å². The zero-order valence-corrected chi connectivity index (χ0v) is 15.2. The van der Waals surface area contributed by atoms with Crippen LogP contribution in [0.5, 0.6) is 5.75 Å². The lowest BCUT2D eigenvalue weighted by atomic mass is 10.1. The molecule has 0 aliphatic carbocycles. The van der Waals surface area contributed by atoms with Gasteiger partial charge in [-0.2, -0.15) is 5.10 Å². The summed E-state index contributed by atoms with van der Waals surface area (Å²) in [5.74, 6) is 1.11. The highest BCUT2D eigenvalue weighted by molar-refractivity contribution is 6.31. The van der Waals surface area contributed by atoms with Gasteiger partial charge in [-0.25, -0.2) is 4.98 Å². The largest absolute Gasteiger partial charge is 0.497 e. The summed E-state index contributed by atoms with van der Waals surface area (Å²) in [5.41, 5.74) is 3.52. The van der Waals surface area contributed by atoms with Gasteiger partial charge in [-0.15, -0.1) is 0 Å². The predicted molar refractivity (Wildman–Crippen MR) is 103 cm³/mol. The van der Waals surface area contributed by atoms with Gasteiger partial charge in [0.2, 0.25) is 0 Å². The summed E-state index contributed by atoms with van der Waals surface area (Å²) in [4.78, 5) is 19.9. The molecule has 8 heteroatoms. The molecule has 136 valence electrons. The normalized spacial score (nSPS) is 10.9. The number of carbonyl (C=O) groups is 1. The van der Waals surface area contributed by atoms with Gasteiger partial charge in [0.05, 0.1) is 30.4 Å². The molecule has 0 fully saturated rings. The highest BCUT2D eigenvalue weighted by Gasteiger charge is 2.12. The number of nitrogens with zero attached hydrogens (tertiary/aromatic N) is 2. The molecule has 27 heavy (non-hydrogen) atoms. The lowest BCUT2D eigenvalue weighted by molar-refractivity contribution is 0.0945. The Balaban J connectivity index is 1.45. The first-order valence-electron chi connectivity index (χ1n) is 8.24. The number of hydrogen-bond donors (Lipinski definition) is 3. The standard InChI is InChI=1S/C19H16ClN5O2/c1-27-13-4-2-3-11(7-13)15-9-17(25-24-15)19(26)21-10-18-22-14-6-5-12(20)8-16(14)23-18/h2-9H,10H2,1H3,(H,21,26)(H,22,23)(H,24,25). The van der Waals surface area contributed by atoms with E-state index in [2.05, 4.69) is 25.5 Å². The monoisotopic (exact) mass is 381 g/mol. The number of amides is 1. The van der Waals surface area contributed by atoms with Crippen molar-refractivity contribution in [3.8, 4) is 17.0 Å². The van der Waals surface area contributed by atoms with Gasteiger partial charge in [-0.05, 0) is 36.4 Å². The number of carbonyl (C=O) groups excluding carboxylic acids is 1. The van der Waals surface area contributed by atoms with Crippen LogP contribution in [0.15, 0.2) is 48.5 Å². The Morgan fingerprint density at radius 1 is 1.22 bits per heavy atom. The van der Waals surface area contributed by atoms with Crippen molar-refractivity contribution in [2.24, 2.45) is 0 Å². The van der Waals surface area contributed by atoms with Crippen molar-refractivity contribution in [3.05, 3.63) is 65.1 Å². The molecule has 0 aliphatic heterocycles. The summed E-state index contributed by atoms with van der Waals surface area (Å²) < 4.78 is 5.21. The molecule has 4 rings (SSSR count). The van der Waals surface area contributed by atoms with E-state index in [0.717, 1.165) is 22.3 Å². The maximum atomic E-state index is 12.4.